The summed E-state index contributed by atoms with van der Waals surface area (Å²) < 4.78 is 1.74. The number of ketones is 1. The van der Waals surface area contributed by atoms with Gasteiger partial charge >= 0.3 is 0 Å². The van der Waals surface area contributed by atoms with Crippen molar-refractivity contribution in [3.05, 3.63) is 53.0 Å². The molecule has 0 bridgehead atoms. The normalized spacial score (nSPS) is 10.6. The van der Waals surface area contributed by atoms with E-state index in [9.17, 15) is 4.79 Å². The van der Waals surface area contributed by atoms with Crippen LogP contribution in [0.5, 0.6) is 0 Å². The highest BCUT2D eigenvalue weighted by atomic mass is 79.9. The molecular weight excluding hydrogens is 411 g/mol. The van der Waals surface area contributed by atoms with Gasteiger partial charge in [0.05, 0.1) is 8.66 Å². The largest absolute Gasteiger partial charge is 0.288 e. The highest BCUT2D eigenvalue weighted by molar-refractivity contribution is 9.13. The van der Waals surface area contributed by atoms with Gasteiger partial charge in [0.2, 0.25) is 5.78 Å². The van der Waals surface area contributed by atoms with E-state index in [4.69, 9.17) is 23.2 Å². The molecule has 0 atom stereocenters. The molecule has 17 heavy (non-hydrogen) atoms. The van der Waals surface area contributed by atoms with Gasteiger partial charge in [-0.3, -0.25) is 4.79 Å². The third-order valence-electron chi connectivity index (χ3n) is 1.99. The summed E-state index contributed by atoms with van der Waals surface area (Å²) in [4.78, 5) is 12.8. The highest BCUT2D eigenvalue weighted by Crippen LogP contribution is 2.34. The first-order valence-corrected chi connectivity index (χ1v) is 7.59. The van der Waals surface area contributed by atoms with E-state index in [2.05, 4.69) is 31.9 Å². The number of carbonyl (C=O) groups excluding carboxylic acids is 1. The van der Waals surface area contributed by atoms with E-state index in [1.807, 2.05) is 0 Å². The Hall–Kier alpha value is 0.130. The lowest BCUT2D eigenvalue weighted by atomic mass is 10.1. The maximum Gasteiger partial charge on any atom is 0.203 e. The Morgan fingerprint density at radius 3 is 2.12 bits per heavy atom. The number of benzene rings is 1. The second kappa shape index (κ2) is 5.41. The number of halogens is 4. The van der Waals surface area contributed by atoms with Gasteiger partial charge in [-0.1, -0.05) is 23.2 Å². The molecule has 0 unspecified atom stereocenters. The van der Waals surface area contributed by atoms with Gasteiger partial charge in [-0.25, -0.2) is 0 Å². The number of carbonyl (C=O) groups is 1. The zero-order valence-corrected chi connectivity index (χ0v) is 13.6. The molecule has 0 fully saturated rings. The van der Waals surface area contributed by atoms with Crippen LogP contribution in [-0.2, 0) is 0 Å². The summed E-state index contributed by atoms with van der Waals surface area (Å²) in [7, 11) is 0. The van der Waals surface area contributed by atoms with Crippen LogP contribution >= 0.6 is 66.4 Å². The van der Waals surface area contributed by atoms with Crippen LogP contribution in [0.3, 0.4) is 0 Å². The SMILES string of the molecule is O=C(c1cc(Cl)cc(Cl)c1)c1cc(Br)c(Br)s1. The Labute approximate surface area is 129 Å². The molecule has 6 heteroatoms. The number of rotatable bonds is 2. The summed E-state index contributed by atoms with van der Waals surface area (Å²) >= 11 is 19.8. The highest BCUT2D eigenvalue weighted by Gasteiger charge is 2.15. The van der Waals surface area contributed by atoms with Gasteiger partial charge in [0.25, 0.3) is 0 Å². The van der Waals surface area contributed by atoms with Crippen molar-refractivity contribution in [1.29, 1.82) is 0 Å². The Morgan fingerprint density at radius 1 is 1.06 bits per heavy atom. The Morgan fingerprint density at radius 2 is 1.65 bits per heavy atom. The molecule has 1 aromatic carbocycles. The molecule has 0 aliphatic rings. The smallest absolute Gasteiger partial charge is 0.203 e. The van der Waals surface area contributed by atoms with Crippen LogP contribution in [0.2, 0.25) is 10.0 Å². The van der Waals surface area contributed by atoms with Crippen molar-refractivity contribution < 1.29 is 4.79 Å². The van der Waals surface area contributed by atoms with E-state index < -0.39 is 0 Å². The van der Waals surface area contributed by atoms with Gasteiger partial charge in [-0.05, 0) is 56.1 Å². The maximum atomic E-state index is 12.2. The predicted octanol–water partition coefficient (Wildman–Crippen LogP) is 5.81. The molecule has 1 aromatic heterocycles. The van der Waals surface area contributed by atoms with Crippen molar-refractivity contribution in [3.8, 4) is 0 Å². The van der Waals surface area contributed by atoms with Gasteiger partial charge in [0.1, 0.15) is 0 Å². The monoisotopic (exact) mass is 412 g/mol. The Balaban J connectivity index is 2.43. The van der Waals surface area contributed by atoms with Crippen molar-refractivity contribution in [2.24, 2.45) is 0 Å². The van der Waals surface area contributed by atoms with Crippen LogP contribution in [0, 0.1) is 0 Å². The molecule has 0 aliphatic carbocycles. The molecule has 0 radical (unpaired) electrons. The first kappa shape index (κ1) is 13.6. The molecule has 0 amide bonds. The van der Waals surface area contributed by atoms with Crippen LogP contribution in [0.4, 0.5) is 0 Å². The van der Waals surface area contributed by atoms with Crippen molar-refractivity contribution in [2.45, 2.75) is 0 Å². The molecule has 2 rings (SSSR count). The molecule has 0 N–H and O–H groups in total. The minimum Gasteiger partial charge on any atom is -0.288 e. The molecule has 0 saturated heterocycles. The minimum atomic E-state index is -0.0919. The van der Waals surface area contributed by atoms with Gasteiger partial charge in [0.15, 0.2) is 0 Å². The van der Waals surface area contributed by atoms with Gasteiger partial charge < -0.3 is 0 Å². The van der Waals surface area contributed by atoms with Crippen molar-refractivity contribution in [1.82, 2.24) is 0 Å². The van der Waals surface area contributed by atoms with E-state index in [1.54, 1.807) is 24.3 Å². The Bertz CT molecular complexity index is 555. The summed E-state index contributed by atoms with van der Waals surface area (Å²) in [6.45, 7) is 0. The van der Waals surface area contributed by atoms with Gasteiger partial charge in [-0.15, -0.1) is 11.3 Å². The third-order valence-corrected chi connectivity index (χ3v) is 5.69. The summed E-state index contributed by atoms with van der Waals surface area (Å²) in [5, 5.41) is 0.908. The molecule has 0 aliphatic heterocycles. The second-order valence-electron chi connectivity index (χ2n) is 3.22. The third kappa shape index (κ3) is 3.12. The van der Waals surface area contributed by atoms with Gasteiger partial charge in [0, 0.05) is 20.1 Å². The Kier molecular flexibility index (Phi) is 4.31. The molecular formula is C11H4Br2Cl2OS. The molecule has 0 spiro atoms. The quantitative estimate of drug-likeness (QED) is 0.566. The molecule has 0 saturated carbocycles. The van der Waals surface area contributed by atoms with E-state index in [0.29, 0.717) is 20.5 Å². The minimum absolute atomic E-state index is 0.0919. The topological polar surface area (TPSA) is 17.1 Å². The van der Waals surface area contributed by atoms with E-state index in [0.717, 1.165) is 8.26 Å². The summed E-state index contributed by atoms with van der Waals surface area (Å²) in [5.74, 6) is -0.0919. The van der Waals surface area contributed by atoms with Gasteiger partial charge in [-0.2, -0.15) is 0 Å². The standard InChI is InChI=1S/C11H4Br2Cl2OS/c12-8-4-9(17-11(8)13)10(16)5-1-6(14)3-7(15)2-5/h1-4H. The first-order valence-electron chi connectivity index (χ1n) is 4.43. The fourth-order valence-electron chi connectivity index (χ4n) is 1.29. The van der Waals surface area contributed by atoms with Crippen molar-refractivity contribution in [3.63, 3.8) is 0 Å². The summed E-state index contributed by atoms with van der Waals surface area (Å²) in [6.07, 6.45) is 0. The van der Waals surface area contributed by atoms with E-state index in [1.165, 1.54) is 11.3 Å². The fraction of sp³-hybridized carbons (Fsp3) is 0. The second-order valence-corrected chi connectivity index (χ2v) is 7.32. The molecule has 1 nitrogen and oxygen atoms in total. The van der Waals surface area contributed by atoms with Crippen LogP contribution in [0.25, 0.3) is 0 Å². The van der Waals surface area contributed by atoms with Crippen LogP contribution in [0.1, 0.15) is 15.2 Å². The zero-order valence-electron chi connectivity index (χ0n) is 8.14. The molecule has 88 valence electrons. The van der Waals surface area contributed by atoms with Crippen LogP contribution in [0.15, 0.2) is 32.5 Å². The average Bonchev–Trinajstić information content (AvgIpc) is 2.57. The summed E-state index contributed by atoms with van der Waals surface area (Å²) in [5.41, 5.74) is 0.490. The fourth-order valence-corrected chi connectivity index (χ4v) is 3.81. The number of hydrogen-bond acceptors (Lipinski definition) is 2. The predicted molar refractivity (Wildman–Crippen MR) is 79.6 cm³/mol. The van der Waals surface area contributed by atoms with Crippen molar-refractivity contribution >= 4 is 72.2 Å². The number of hydrogen-bond donors (Lipinski definition) is 0. The first-order chi connectivity index (χ1) is 7.97. The lowest BCUT2D eigenvalue weighted by molar-refractivity contribution is 0.104. The number of thiophene rings is 1. The van der Waals surface area contributed by atoms with Crippen LogP contribution < -0.4 is 0 Å². The van der Waals surface area contributed by atoms with E-state index in [-0.39, 0.29) is 5.78 Å². The maximum absolute atomic E-state index is 12.2. The molecule has 1 heterocycles. The summed E-state index contributed by atoms with van der Waals surface area (Å²) in [6, 6.07) is 6.58. The molecule has 2 aromatic rings. The van der Waals surface area contributed by atoms with Crippen LogP contribution in [-0.4, -0.2) is 5.78 Å². The average molecular weight is 415 g/mol. The zero-order chi connectivity index (χ0) is 12.6. The lowest BCUT2D eigenvalue weighted by Crippen LogP contribution is -1.98. The van der Waals surface area contributed by atoms with Crippen molar-refractivity contribution in [2.75, 3.05) is 0 Å². The lowest BCUT2D eigenvalue weighted by Gasteiger charge is -2.00. The van der Waals surface area contributed by atoms with E-state index >= 15 is 0 Å².